The number of fused-ring (bicyclic) bond motifs is 3. The predicted octanol–water partition coefficient (Wildman–Crippen LogP) is 1.30. The molecule has 1 N–H and O–H groups in total. The number of rotatable bonds is 6. The Bertz CT molecular complexity index is 822. The highest BCUT2D eigenvalue weighted by atomic mass is 16.5. The van der Waals surface area contributed by atoms with E-state index in [-0.39, 0.29) is 24.7 Å². The molecule has 1 aromatic carbocycles. The van der Waals surface area contributed by atoms with E-state index in [1.54, 1.807) is 24.3 Å². The van der Waals surface area contributed by atoms with Gasteiger partial charge in [0.2, 0.25) is 11.6 Å². The van der Waals surface area contributed by atoms with Gasteiger partial charge in [-0.05, 0) is 24.5 Å². The first-order valence-electron chi connectivity index (χ1n) is 9.43. The van der Waals surface area contributed by atoms with Gasteiger partial charge in [0, 0.05) is 26.4 Å². The second-order valence-corrected chi connectivity index (χ2v) is 7.54. The van der Waals surface area contributed by atoms with Gasteiger partial charge in [0.25, 0.3) is 11.8 Å². The van der Waals surface area contributed by atoms with Crippen molar-refractivity contribution in [3.8, 4) is 0 Å². The Morgan fingerprint density at radius 2 is 1.96 bits per heavy atom. The molecule has 0 saturated carbocycles. The third-order valence-corrected chi connectivity index (χ3v) is 5.25. The van der Waals surface area contributed by atoms with Crippen molar-refractivity contribution in [2.24, 2.45) is 5.92 Å². The molecule has 8 heteroatoms. The van der Waals surface area contributed by atoms with Gasteiger partial charge in [-0.2, -0.15) is 0 Å². The molecule has 0 bridgehead atoms. The highest BCUT2D eigenvalue weighted by Crippen LogP contribution is 2.44. The van der Waals surface area contributed by atoms with Crippen molar-refractivity contribution in [2.75, 3.05) is 25.1 Å². The minimum atomic E-state index is -1.55. The lowest BCUT2D eigenvalue weighted by Crippen LogP contribution is -2.67. The first-order valence-corrected chi connectivity index (χ1v) is 9.43. The standard InChI is InChI=1S/C20H25N3O5/c1-13(2)9-11-21-16(24)12-28-19(27)20-10-8-17(25)23(20)15-7-5-4-6-14(15)18(26)22(20)3/h4-7,13H,8-12H2,1-3H3,(H,21,24)/t20-/m0/s1. The van der Waals surface area contributed by atoms with Crippen molar-refractivity contribution in [3.63, 3.8) is 0 Å². The maximum Gasteiger partial charge on any atom is 0.354 e. The van der Waals surface area contributed by atoms with Crippen LogP contribution in [0.5, 0.6) is 0 Å². The van der Waals surface area contributed by atoms with Gasteiger partial charge in [-0.15, -0.1) is 0 Å². The van der Waals surface area contributed by atoms with Crippen molar-refractivity contribution in [3.05, 3.63) is 29.8 Å². The summed E-state index contributed by atoms with van der Waals surface area (Å²) in [5, 5.41) is 2.70. The predicted molar refractivity (Wildman–Crippen MR) is 101 cm³/mol. The number of ether oxygens (including phenoxy) is 1. The van der Waals surface area contributed by atoms with Crippen molar-refractivity contribution < 1.29 is 23.9 Å². The second-order valence-electron chi connectivity index (χ2n) is 7.54. The number of carbonyl (C=O) groups excluding carboxylic acids is 4. The van der Waals surface area contributed by atoms with E-state index in [2.05, 4.69) is 5.32 Å². The van der Waals surface area contributed by atoms with Gasteiger partial charge < -0.3 is 15.0 Å². The number of hydrogen-bond donors (Lipinski definition) is 1. The van der Waals surface area contributed by atoms with Gasteiger partial charge >= 0.3 is 5.97 Å². The molecule has 0 aromatic heterocycles. The molecule has 1 saturated heterocycles. The van der Waals surface area contributed by atoms with Gasteiger partial charge in [0.15, 0.2) is 6.61 Å². The number of hydrogen-bond acceptors (Lipinski definition) is 5. The van der Waals surface area contributed by atoms with E-state index in [0.717, 1.165) is 6.42 Å². The molecule has 1 aromatic rings. The monoisotopic (exact) mass is 387 g/mol. The Labute approximate surface area is 163 Å². The van der Waals surface area contributed by atoms with E-state index in [4.69, 9.17) is 4.74 Å². The Morgan fingerprint density at radius 1 is 1.25 bits per heavy atom. The van der Waals surface area contributed by atoms with Crippen LogP contribution in [0.2, 0.25) is 0 Å². The lowest BCUT2D eigenvalue weighted by Gasteiger charge is -2.46. The zero-order valence-electron chi connectivity index (χ0n) is 16.4. The van der Waals surface area contributed by atoms with Gasteiger partial charge in [0.05, 0.1) is 11.3 Å². The number of nitrogens with zero attached hydrogens (tertiary/aromatic N) is 2. The Kier molecular flexibility index (Phi) is 5.40. The molecule has 0 unspecified atom stereocenters. The Morgan fingerprint density at radius 3 is 2.68 bits per heavy atom. The fraction of sp³-hybridized carbons (Fsp3) is 0.500. The fourth-order valence-corrected chi connectivity index (χ4v) is 3.69. The number of carbonyl (C=O) groups is 4. The summed E-state index contributed by atoms with van der Waals surface area (Å²) in [5.41, 5.74) is -0.803. The van der Waals surface area contributed by atoms with Gasteiger partial charge in [-0.1, -0.05) is 26.0 Å². The Hall–Kier alpha value is -2.90. The van der Waals surface area contributed by atoms with E-state index in [9.17, 15) is 19.2 Å². The van der Waals surface area contributed by atoms with E-state index in [1.807, 2.05) is 13.8 Å². The molecule has 2 heterocycles. The van der Waals surface area contributed by atoms with Crippen LogP contribution in [-0.4, -0.2) is 54.5 Å². The number of esters is 1. The van der Waals surface area contributed by atoms with E-state index in [1.165, 1.54) is 16.8 Å². The van der Waals surface area contributed by atoms with Crippen LogP contribution in [0.25, 0.3) is 0 Å². The molecular weight excluding hydrogens is 362 g/mol. The normalized spacial score (nSPS) is 20.9. The quantitative estimate of drug-likeness (QED) is 0.743. The number of nitrogens with one attached hydrogen (secondary N) is 1. The number of para-hydroxylation sites is 1. The summed E-state index contributed by atoms with van der Waals surface area (Å²) in [4.78, 5) is 53.0. The summed E-state index contributed by atoms with van der Waals surface area (Å²) in [6, 6.07) is 6.68. The first-order chi connectivity index (χ1) is 13.3. The minimum Gasteiger partial charge on any atom is -0.452 e. The summed E-state index contributed by atoms with van der Waals surface area (Å²) in [7, 11) is 1.48. The average Bonchev–Trinajstić information content (AvgIpc) is 3.02. The summed E-state index contributed by atoms with van der Waals surface area (Å²) >= 11 is 0. The SMILES string of the molecule is CC(C)CCNC(=O)COC(=O)[C@]12CCC(=O)N1c1ccccc1C(=O)N2C. The fourth-order valence-electron chi connectivity index (χ4n) is 3.69. The highest BCUT2D eigenvalue weighted by Gasteiger charge is 2.60. The molecule has 28 heavy (non-hydrogen) atoms. The molecule has 0 aliphatic carbocycles. The molecule has 2 aliphatic heterocycles. The lowest BCUT2D eigenvalue weighted by molar-refractivity contribution is -0.159. The topological polar surface area (TPSA) is 96.0 Å². The maximum atomic E-state index is 13.0. The smallest absolute Gasteiger partial charge is 0.354 e. The molecule has 2 aliphatic rings. The third-order valence-electron chi connectivity index (χ3n) is 5.25. The van der Waals surface area contributed by atoms with Crippen molar-refractivity contribution >= 4 is 29.4 Å². The third kappa shape index (κ3) is 3.23. The number of amides is 3. The number of benzene rings is 1. The number of likely N-dealkylation sites (N-methyl/N-ethyl adjacent to an activating group) is 1. The molecule has 3 rings (SSSR count). The highest BCUT2D eigenvalue weighted by molar-refractivity contribution is 6.15. The second kappa shape index (κ2) is 7.61. The number of anilines is 1. The van der Waals surface area contributed by atoms with Crippen molar-refractivity contribution in [1.29, 1.82) is 0 Å². The molecular formula is C20H25N3O5. The van der Waals surface area contributed by atoms with Crippen LogP contribution in [0.3, 0.4) is 0 Å². The summed E-state index contributed by atoms with van der Waals surface area (Å²) < 4.78 is 5.25. The van der Waals surface area contributed by atoms with E-state index >= 15 is 0 Å². The minimum absolute atomic E-state index is 0.113. The lowest BCUT2D eigenvalue weighted by atomic mass is 9.97. The van der Waals surface area contributed by atoms with Crippen LogP contribution in [0.4, 0.5) is 5.69 Å². The molecule has 1 fully saturated rings. The Balaban J connectivity index is 1.79. The summed E-state index contributed by atoms with van der Waals surface area (Å²) in [5.74, 6) is -1.36. The van der Waals surface area contributed by atoms with Gasteiger partial charge in [0.1, 0.15) is 0 Å². The van der Waals surface area contributed by atoms with Gasteiger partial charge in [-0.25, -0.2) is 4.79 Å². The zero-order chi connectivity index (χ0) is 20.5. The molecule has 3 amide bonds. The van der Waals surface area contributed by atoms with E-state index < -0.39 is 24.1 Å². The van der Waals surface area contributed by atoms with Crippen LogP contribution in [0.15, 0.2) is 24.3 Å². The zero-order valence-corrected chi connectivity index (χ0v) is 16.4. The summed E-state index contributed by atoms with van der Waals surface area (Å²) in [6.45, 7) is 4.13. The molecule has 1 atom stereocenters. The maximum absolute atomic E-state index is 13.0. The van der Waals surface area contributed by atoms with E-state index in [0.29, 0.717) is 23.7 Å². The summed E-state index contributed by atoms with van der Waals surface area (Å²) in [6.07, 6.45) is 1.05. The molecule has 150 valence electrons. The molecule has 0 spiro atoms. The average molecular weight is 387 g/mol. The van der Waals surface area contributed by atoms with Crippen LogP contribution in [0.1, 0.15) is 43.5 Å². The van der Waals surface area contributed by atoms with Crippen LogP contribution >= 0.6 is 0 Å². The van der Waals surface area contributed by atoms with Crippen molar-refractivity contribution in [2.45, 2.75) is 38.8 Å². The largest absolute Gasteiger partial charge is 0.452 e. The first kappa shape index (κ1) is 19.9. The molecule has 0 radical (unpaired) electrons. The van der Waals surface area contributed by atoms with Crippen LogP contribution < -0.4 is 10.2 Å². The molecule has 8 nitrogen and oxygen atoms in total. The van der Waals surface area contributed by atoms with Crippen LogP contribution in [-0.2, 0) is 19.1 Å². The van der Waals surface area contributed by atoms with Crippen molar-refractivity contribution in [1.82, 2.24) is 10.2 Å². The van der Waals surface area contributed by atoms with Gasteiger partial charge in [-0.3, -0.25) is 19.3 Å². The van der Waals surface area contributed by atoms with Crippen LogP contribution in [0, 0.1) is 5.92 Å².